The molecule has 4 rings (SSSR count). The minimum atomic E-state index is 0. The smallest absolute Gasteiger partial charge is 0.191 e. The van der Waals surface area contributed by atoms with Crippen molar-refractivity contribution < 1.29 is 0 Å². The number of benzene rings is 2. The minimum Gasteiger partial charge on any atom is -0.356 e. The molecule has 6 heteroatoms. The maximum Gasteiger partial charge on any atom is 0.191 e. The van der Waals surface area contributed by atoms with Crippen molar-refractivity contribution in [1.82, 2.24) is 20.6 Å². The number of halogens is 1. The lowest BCUT2D eigenvalue weighted by molar-refractivity contribution is 0.244. The van der Waals surface area contributed by atoms with Gasteiger partial charge in [-0.2, -0.15) is 0 Å². The molecule has 0 bridgehead atoms. The fraction of sp³-hybridized carbons (Fsp3) is 0.364. The van der Waals surface area contributed by atoms with E-state index in [2.05, 4.69) is 62.0 Å². The number of aliphatic imine (C=N–C) groups is 1. The van der Waals surface area contributed by atoms with Gasteiger partial charge in [0.1, 0.15) is 5.82 Å². The maximum absolute atomic E-state index is 4.63. The lowest BCUT2D eigenvalue weighted by Crippen LogP contribution is -2.49. The van der Waals surface area contributed by atoms with Crippen LogP contribution in [0.4, 0.5) is 0 Å². The summed E-state index contributed by atoms with van der Waals surface area (Å²) in [4.78, 5) is 12.4. The Hall–Kier alpha value is -2.09. The summed E-state index contributed by atoms with van der Waals surface area (Å²) in [7, 11) is 1.83. The number of nitrogens with zero attached hydrogens (tertiary/aromatic N) is 2. The molecule has 0 amide bonds. The highest BCUT2D eigenvalue weighted by Gasteiger charge is 2.38. The third kappa shape index (κ3) is 4.48. The van der Waals surface area contributed by atoms with Crippen LogP contribution in [0.2, 0.25) is 0 Å². The molecule has 0 radical (unpaired) electrons. The van der Waals surface area contributed by atoms with Crippen molar-refractivity contribution in [1.29, 1.82) is 0 Å². The topological polar surface area (TPSA) is 65.1 Å². The zero-order chi connectivity index (χ0) is 18.5. The predicted molar refractivity (Wildman–Crippen MR) is 127 cm³/mol. The van der Waals surface area contributed by atoms with E-state index in [1.807, 2.05) is 25.2 Å². The highest BCUT2D eigenvalue weighted by Crippen LogP contribution is 2.43. The third-order valence-corrected chi connectivity index (χ3v) is 5.61. The number of H-pyrrole nitrogens is 1. The van der Waals surface area contributed by atoms with Crippen LogP contribution in [-0.2, 0) is 11.8 Å². The molecule has 1 aromatic heterocycles. The number of aromatic amines is 1. The molecule has 28 heavy (non-hydrogen) atoms. The van der Waals surface area contributed by atoms with Crippen molar-refractivity contribution >= 4 is 41.0 Å². The number of para-hydroxylation sites is 2. The number of aromatic nitrogens is 2. The van der Waals surface area contributed by atoms with Gasteiger partial charge < -0.3 is 15.6 Å². The summed E-state index contributed by atoms with van der Waals surface area (Å²) >= 11 is 0. The summed E-state index contributed by atoms with van der Waals surface area (Å²) < 4.78 is 0. The van der Waals surface area contributed by atoms with E-state index >= 15 is 0 Å². The monoisotopic (exact) mass is 489 g/mol. The lowest BCUT2D eigenvalue weighted by atomic mass is 9.64. The molecule has 148 valence electrons. The van der Waals surface area contributed by atoms with Crippen molar-refractivity contribution in [3.8, 4) is 0 Å². The van der Waals surface area contributed by atoms with Gasteiger partial charge in [-0.3, -0.25) is 4.99 Å². The standard InChI is InChI=1S/C22H27N5.HI/c1-23-21(24-15-12-20-26-18-10-5-6-11-19(18)27-20)25-16-22(13-7-14-22)17-8-3-2-4-9-17;/h2-6,8-11H,7,12-16H2,1H3,(H,26,27)(H2,23,24,25);1H. The summed E-state index contributed by atoms with van der Waals surface area (Å²) in [5.74, 6) is 1.85. The van der Waals surface area contributed by atoms with Gasteiger partial charge in [-0.1, -0.05) is 48.9 Å². The van der Waals surface area contributed by atoms with Crippen LogP contribution in [0.5, 0.6) is 0 Å². The van der Waals surface area contributed by atoms with E-state index in [1.165, 1.54) is 24.8 Å². The molecule has 3 aromatic rings. The Balaban J connectivity index is 0.00000225. The number of hydrogen-bond donors (Lipinski definition) is 3. The Kier molecular flexibility index (Phi) is 6.93. The second kappa shape index (κ2) is 9.41. The molecule has 0 saturated heterocycles. The molecule has 3 N–H and O–H groups in total. The number of fused-ring (bicyclic) bond motifs is 1. The van der Waals surface area contributed by atoms with Gasteiger partial charge in [0.25, 0.3) is 0 Å². The molecular weight excluding hydrogens is 461 g/mol. The Morgan fingerprint density at radius 1 is 1.07 bits per heavy atom. The summed E-state index contributed by atoms with van der Waals surface area (Å²) in [6, 6.07) is 19.0. The molecule has 1 fully saturated rings. The van der Waals surface area contributed by atoms with Crippen LogP contribution in [0, 0.1) is 0 Å². The molecule has 1 aliphatic rings. The normalized spacial score (nSPS) is 15.5. The average Bonchev–Trinajstić information content (AvgIpc) is 3.09. The van der Waals surface area contributed by atoms with E-state index in [-0.39, 0.29) is 29.4 Å². The van der Waals surface area contributed by atoms with Gasteiger partial charge in [0.05, 0.1) is 11.0 Å². The fourth-order valence-corrected chi connectivity index (χ4v) is 3.86. The van der Waals surface area contributed by atoms with Crippen LogP contribution in [0.1, 0.15) is 30.7 Å². The number of guanidine groups is 1. The van der Waals surface area contributed by atoms with Gasteiger partial charge >= 0.3 is 0 Å². The Morgan fingerprint density at radius 3 is 2.50 bits per heavy atom. The molecule has 0 atom stereocenters. The molecule has 0 spiro atoms. The first-order chi connectivity index (χ1) is 13.3. The second-order valence-electron chi connectivity index (χ2n) is 7.30. The summed E-state index contributed by atoms with van der Waals surface area (Å²) in [5.41, 5.74) is 3.79. The van der Waals surface area contributed by atoms with Crippen LogP contribution in [0.3, 0.4) is 0 Å². The zero-order valence-electron chi connectivity index (χ0n) is 16.2. The number of rotatable bonds is 6. The first-order valence-electron chi connectivity index (χ1n) is 9.73. The highest BCUT2D eigenvalue weighted by atomic mass is 127. The SMILES string of the molecule is CN=C(NCCc1nc2ccccc2[nH]1)NCC1(c2ccccc2)CCC1.I. The van der Waals surface area contributed by atoms with Crippen molar-refractivity contribution in [2.24, 2.45) is 4.99 Å². The van der Waals surface area contributed by atoms with Crippen molar-refractivity contribution in [3.63, 3.8) is 0 Å². The Bertz CT molecular complexity index is 882. The van der Waals surface area contributed by atoms with E-state index in [9.17, 15) is 0 Å². The van der Waals surface area contributed by atoms with Crippen LogP contribution in [-0.4, -0.2) is 36.1 Å². The molecule has 1 saturated carbocycles. The van der Waals surface area contributed by atoms with Gasteiger partial charge in [-0.15, -0.1) is 24.0 Å². The predicted octanol–water partition coefficient (Wildman–Crippen LogP) is 4.01. The summed E-state index contributed by atoms with van der Waals surface area (Å²) in [5, 5.41) is 6.95. The van der Waals surface area contributed by atoms with Crippen molar-refractivity contribution in [3.05, 3.63) is 66.0 Å². The fourth-order valence-electron chi connectivity index (χ4n) is 3.86. The van der Waals surface area contributed by atoms with Crippen LogP contribution in [0.25, 0.3) is 11.0 Å². The van der Waals surface area contributed by atoms with Gasteiger partial charge in [0.15, 0.2) is 5.96 Å². The average molecular weight is 489 g/mol. The first kappa shape index (κ1) is 20.6. The molecule has 1 heterocycles. The molecule has 5 nitrogen and oxygen atoms in total. The zero-order valence-corrected chi connectivity index (χ0v) is 18.6. The van der Waals surface area contributed by atoms with Crippen LogP contribution >= 0.6 is 24.0 Å². The van der Waals surface area contributed by atoms with Gasteiger partial charge in [-0.25, -0.2) is 4.98 Å². The molecule has 0 unspecified atom stereocenters. The van der Waals surface area contributed by atoms with Crippen molar-refractivity contribution in [2.75, 3.05) is 20.1 Å². The third-order valence-electron chi connectivity index (χ3n) is 5.61. The van der Waals surface area contributed by atoms with Crippen molar-refractivity contribution in [2.45, 2.75) is 31.1 Å². The molecular formula is C22H28IN5. The Labute approximate surface area is 183 Å². The van der Waals surface area contributed by atoms with Crippen LogP contribution < -0.4 is 10.6 Å². The minimum absolute atomic E-state index is 0. The molecule has 2 aromatic carbocycles. The highest BCUT2D eigenvalue weighted by molar-refractivity contribution is 14.0. The molecule has 0 aliphatic heterocycles. The van der Waals surface area contributed by atoms with E-state index in [1.54, 1.807) is 0 Å². The quantitative estimate of drug-likeness (QED) is 0.279. The van der Waals surface area contributed by atoms with Crippen LogP contribution in [0.15, 0.2) is 59.6 Å². The van der Waals surface area contributed by atoms with E-state index < -0.39 is 0 Å². The maximum atomic E-state index is 4.63. The second-order valence-corrected chi connectivity index (χ2v) is 7.30. The van der Waals surface area contributed by atoms with E-state index in [0.717, 1.165) is 42.3 Å². The number of hydrogen-bond acceptors (Lipinski definition) is 2. The Morgan fingerprint density at radius 2 is 1.82 bits per heavy atom. The number of nitrogens with one attached hydrogen (secondary N) is 3. The van der Waals surface area contributed by atoms with Gasteiger partial charge in [0.2, 0.25) is 0 Å². The largest absolute Gasteiger partial charge is 0.356 e. The van der Waals surface area contributed by atoms with Gasteiger partial charge in [0, 0.05) is 32.0 Å². The summed E-state index contributed by atoms with van der Waals surface area (Å²) in [6.45, 7) is 1.71. The number of imidazole rings is 1. The first-order valence-corrected chi connectivity index (χ1v) is 9.73. The lowest BCUT2D eigenvalue weighted by Gasteiger charge is -2.43. The van der Waals surface area contributed by atoms with Gasteiger partial charge in [-0.05, 0) is 30.5 Å². The molecule has 1 aliphatic carbocycles. The van der Waals surface area contributed by atoms with E-state index in [4.69, 9.17) is 0 Å². The summed E-state index contributed by atoms with van der Waals surface area (Å²) in [6.07, 6.45) is 4.61. The van der Waals surface area contributed by atoms with E-state index in [0.29, 0.717) is 0 Å².